The molecular weight excluding hydrogens is 326 g/mol. The van der Waals surface area contributed by atoms with E-state index in [4.69, 9.17) is 14.6 Å². The van der Waals surface area contributed by atoms with Crippen molar-refractivity contribution in [2.45, 2.75) is 63.3 Å². The molecule has 2 aromatic heterocycles. The number of aromatic nitrogens is 3. The molecule has 26 heavy (non-hydrogen) atoms. The summed E-state index contributed by atoms with van der Waals surface area (Å²) in [5.74, 6) is 2.61. The topological polar surface area (TPSA) is 49.2 Å². The molecule has 2 aromatic rings. The summed E-state index contributed by atoms with van der Waals surface area (Å²) in [6.07, 6.45) is 15.7. The van der Waals surface area contributed by atoms with Gasteiger partial charge in [-0.05, 0) is 31.7 Å². The highest BCUT2D eigenvalue weighted by atomic mass is 16.5. The highest BCUT2D eigenvalue weighted by Crippen LogP contribution is 2.40. The molecule has 0 amide bonds. The van der Waals surface area contributed by atoms with Crippen LogP contribution in [-0.2, 0) is 0 Å². The lowest BCUT2D eigenvalue weighted by molar-refractivity contribution is 0.179. The van der Waals surface area contributed by atoms with Crippen molar-refractivity contribution in [1.82, 2.24) is 14.8 Å². The fourth-order valence-electron chi connectivity index (χ4n) is 4.66. The minimum Gasteiger partial charge on any atom is -0.495 e. The second-order valence-electron chi connectivity index (χ2n) is 7.66. The fourth-order valence-corrected chi connectivity index (χ4v) is 4.66. The van der Waals surface area contributed by atoms with Crippen molar-refractivity contribution in [2.24, 2.45) is 5.92 Å². The van der Waals surface area contributed by atoms with Gasteiger partial charge in [0.1, 0.15) is 11.5 Å². The van der Waals surface area contributed by atoms with E-state index in [9.17, 15) is 0 Å². The van der Waals surface area contributed by atoms with E-state index in [0.717, 1.165) is 18.1 Å². The van der Waals surface area contributed by atoms with Crippen LogP contribution in [0.2, 0.25) is 0 Å². The molecule has 0 bridgehead atoms. The summed E-state index contributed by atoms with van der Waals surface area (Å²) in [5.41, 5.74) is 1.42. The Morgan fingerprint density at radius 3 is 2.65 bits per heavy atom. The molecule has 2 aliphatic rings. The summed E-state index contributed by atoms with van der Waals surface area (Å²) in [4.78, 5) is 4.19. The zero-order chi connectivity index (χ0) is 17.8. The Balaban J connectivity index is 1.47. The van der Waals surface area contributed by atoms with Crippen LogP contribution in [-0.4, -0.2) is 28.5 Å². The van der Waals surface area contributed by atoms with Crippen LogP contribution in [0.15, 0.2) is 30.7 Å². The molecule has 0 aliphatic heterocycles. The molecule has 0 aromatic carbocycles. The second-order valence-corrected chi connectivity index (χ2v) is 7.66. The van der Waals surface area contributed by atoms with Gasteiger partial charge in [0.2, 0.25) is 0 Å². The summed E-state index contributed by atoms with van der Waals surface area (Å²) in [7, 11) is 1.65. The smallest absolute Gasteiger partial charge is 0.141 e. The normalized spacial score (nSPS) is 23.9. The third-order valence-corrected chi connectivity index (χ3v) is 6.05. The SMILES string of the molecule is COc1cncc(OCC2CCCCC2c2ccnn2C2CCCC2)c1. The third kappa shape index (κ3) is 3.71. The third-order valence-electron chi connectivity index (χ3n) is 6.05. The Bertz CT molecular complexity index is 709. The monoisotopic (exact) mass is 355 g/mol. The first-order valence-electron chi connectivity index (χ1n) is 10.0. The first-order chi connectivity index (χ1) is 12.8. The standard InChI is InChI=1S/C21H29N3O2/c1-25-18-12-19(14-22-13-18)26-15-16-6-2-5-9-20(16)21-10-11-23-24(21)17-7-3-4-8-17/h10-14,16-17,20H,2-9,15H2,1H3. The first kappa shape index (κ1) is 17.4. The van der Waals surface area contributed by atoms with Crippen molar-refractivity contribution in [1.29, 1.82) is 0 Å². The highest BCUT2D eigenvalue weighted by Gasteiger charge is 2.31. The Labute approximate surface area is 155 Å². The number of methoxy groups -OCH3 is 1. The predicted octanol–water partition coefficient (Wildman–Crippen LogP) is 4.75. The quantitative estimate of drug-likeness (QED) is 0.750. The molecule has 2 atom stereocenters. The Kier molecular flexibility index (Phi) is 5.42. The summed E-state index contributed by atoms with van der Waals surface area (Å²) in [5, 5.41) is 4.70. The van der Waals surface area contributed by atoms with Gasteiger partial charge in [0.15, 0.2) is 0 Å². The van der Waals surface area contributed by atoms with Crippen molar-refractivity contribution >= 4 is 0 Å². The average molecular weight is 355 g/mol. The van der Waals surface area contributed by atoms with Crippen LogP contribution in [0.5, 0.6) is 11.5 Å². The molecule has 140 valence electrons. The molecular formula is C21H29N3O2. The minimum absolute atomic E-state index is 0.534. The van der Waals surface area contributed by atoms with E-state index < -0.39 is 0 Å². The minimum atomic E-state index is 0.534. The maximum Gasteiger partial charge on any atom is 0.141 e. The molecule has 2 aliphatic carbocycles. The van der Waals surface area contributed by atoms with Crippen LogP contribution in [0.4, 0.5) is 0 Å². The fraction of sp³-hybridized carbons (Fsp3) is 0.619. The highest BCUT2D eigenvalue weighted by molar-refractivity contribution is 5.28. The second kappa shape index (κ2) is 8.11. The summed E-state index contributed by atoms with van der Waals surface area (Å²) < 4.78 is 13.7. The van der Waals surface area contributed by atoms with Crippen LogP contribution < -0.4 is 9.47 Å². The van der Waals surface area contributed by atoms with Gasteiger partial charge >= 0.3 is 0 Å². The van der Waals surface area contributed by atoms with Crippen molar-refractivity contribution in [2.75, 3.05) is 13.7 Å². The number of hydrogen-bond donors (Lipinski definition) is 0. The van der Waals surface area contributed by atoms with Crippen molar-refractivity contribution < 1.29 is 9.47 Å². The van der Waals surface area contributed by atoms with E-state index in [1.165, 1.54) is 57.1 Å². The molecule has 2 heterocycles. The van der Waals surface area contributed by atoms with E-state index in [2.05, 4.69) is 15.7 Å². The maximum atomic E-state index is 6.11. The molecule has 2 unspecified atom stereocenters. The molecule has 0 radical (unpaired) electrons. The summed E-state index contributed by atoms with van der Waals surface area (Å²) in [6.45, 7) is 0.732. The molecule has 5 heteroatoms. The number of rotatable bonds is 6. The lowest BCUT2D eigenvalue weighted by Crippen LogP contribution is -2.26. The van der Waals surface area contributed by atoms with Crippen molar-refractivity contribution in [3.8, 4) is 11.5 Å². The van der Waals surface area contributed by atoms with Crippen LogP contribution in [0, 0.1) is 5.92 Å². The molecule has 0 spiro atoms. The maximum absolute atomic E-state index is 6.11. The van der Waals surface area contributed by atoms with Gasteiger partial charge in [-0.25, -0.2) is 0 Å². The van der Waals surface area contributed by atoms with E-state index >= 15 is 0 Å². The van der Waals surface area contributed by atoms with Gasteiger partial charge in [0, 0.05) is 29.8 Å². The molecule has 5 nitrogen and oxygen atoms in total. The Morgan fingerprint density at radius 2 is 1.81 bits per heavy atom. The molecule has 4 rings (SSSR count). The molecule has 2 fully saturated rings. The largest absolute Gasteiger partial charge is 0.495 e. The van der Waals surface area contributed by atoms with Gasteiger partial charge in [-0.2, -0.15) is 5.10 Å². The number of pyridine rings is 1. The van der Waals surface area contributed by atoms with Gasteiger partial charge in [0.05, 0.1) is 32.2 Å². The van der Waals surface area contributed by atoms with Crippen molar-refractivity contribution in [3.05, 3.63) is 36.4 Å². The van der Waals surface area contributed by atoms with Crippen LogP contribution in [0.1, 0.15) is 69.0 Å². The van der Waals surface area contributed by atoms with E-state index in [1.807, 2.05) is 12.3 Å². The molecule has 2 saturated carbocycles. The van der Waals surface area contributed by atoms with Gasteiger partial charge < -0.3 is 9.47 Å². The summed E-state index contributed by atoms with van der Waals surface area (Å²) >= 11 is 0. The summed E-state index contributed by atoms with van der Waals surface area (Å²) in [6, 6.07) is 4.76. The van der Waals surface area contributed by atoms with Gasteiger partial charge in [0.25, 0.3) is 0 Å². The van der Waals surface area contributed by atoms with Crippen LogP contribution in [0.25, 0.3) is 0 Å². The van der Waals surface area contributed by atoms with Crippen LogP contribution >= 0.6 is 0 Å². The first-order valence-corrected chi connectivity index (χ1v) is 10.0. The Hall–Kier alpha value is -2.04. The van der Waals surface area contributed by atoms with E-state index in [0.29, 0.717) is 17.9 Å². The predicted molar refractivity (Wildman–Crippen MR) is 101 cm³/mol. The molecule has 0 saturated heterocycles. The molecule has 0 N–H and O–H groups in total. The van der Waals surface area contributed by atoms with Gasteiger partial charge in [-0.1, -0.05) is 25.7 Å². The zero-order valence-electron chi connectivity index (χ0n) is 15.6. The van der Waals surface area contributed by atoms with Crippen molar-refractivity contribution in [3.63, 3.8) is 0 Å². The number of hydrogen-bond acceptors (Lipinski definition) is 4. The van der Waals surface area contributed by atoms with Gasteiger partial charge in [-0.3, -0.25) is 9.67 Å². The van der Waals surface area contributed by atoms with Crippen LogP contribution in [0.3, 0.4) is 0 Å². The number of ether oxygens (including phenoxy) is 2. The lowest BCUT2D eigenvalue weighted by atomic mass is 9.77. The van der Waals surface area contributed by atoms with Gasteiger partial charge in [-0.15, -0.1) is 0 Å². The average Bonchev–Trinajstić information content (AvgIpc) is 3.38. The Morgan fingerprint density at radius 1 is 1.04 bits per heavy atom. The number of nitrogens with zero attached hydrogens (tertiary/aromatic N) is 3. The van der Waals surface area contributed by atoms with E-state index in [-0.39, 0.29) is 0 Å². The lowest BCUT2D eigenvalue weighted by Gasteiger charge is -2.32. The van der Waals surface area contributed by atoms with E-state index in [1.54, 1.807) is 19.5 Å². The zero-order valence-corrected chi connectivity index (χ0v) is 15.6.